The third-order valence-corrected chi connectivity index (χ3v) is 4.97. The molecule has 2 rings (SSSR count). The van der Waals surface area contributed by atoms with E-state index in [2.05, 4.69) is 14.9 Å². The molecule has 0 aliphatic carbocycles. The average Bonchev–Trinajstić information content (AvgIpc) is 2.84. The van der Waals surface area contributed by atoms with E-state index in [9.17, 15) is 18.5 Å². The average molecular weight is 342 g/mol. The Labute approximate surface area is 131 Å². The van der Waals surface area contributed by atoms with Gasteiger partial charge in [-0.05, 0) is 18.1 Å². The van der Waals surface area contributed by atoms with E-state index in [1.807, 2.05) is 13.8 Å². The van der Waals surface area contributed by atoms with Crippen LogP contribution in [-0.2, 0) is 16.4 Å². The van der Waals surface area contributed by atoms with Crippen LogP contribution >= 0.6 is 11.3 Å². The number of nitrogens with zero attached hydrogens (tertiary/aromatic N) is 3. The van der Waals surface area contributed by atoms with Crippen molar-refractivity contribution in [3.8, 4) is 0 Å². The van der Waals surface area contributed by atoms with Gasteiger partial charge in [-0.3, -0.25) is 14.8 Å². The molecule has 1 aromatic carbocycles. The SMILES string of the molecule is CC(C)Cc1nnc(NS(=O)(=O)c2ccc([N+](=O)[O-])cc2)s1. The van der Waals surface area contributed by atoms with E-state index < -0.39 is 14.9 Å². The van der Waals surface area contributed by atoms with Crippen molar-refractivity contribution >= 4 is 32.2 Å². The van der Waals surface area contributed by atoms with Crippen LogP contribution in [0.4, 0.5) is 10.8 Å². The molecule has 8 nitrogen and oxygen atoms in total. The first-order valence-corrected chi connectivity index (χ1v) is 8.67. The highest BCUT2D eigenvalue weighted by atomic mass is 32.2. The summed E-state index contributed by atoms with van der Waals surface area (Å²) in [5.41, 5.74) is -0.172. The van der Waals surface area contributed by atoms with Gasteiger partial charge in [0.1, 0.15) is 5.01 Å². The van der Waals surface area contributed by atoms with Crippen LogP contribution < -0.4 is 4.72 Å². The zero-order valence-electron chi connectivity index (χ0n) is 11.9. The summed E-state index contributed by atoms with van der Waals surface area (Å²) in [7, 11) is -3.84. The van der Waals surface area contributed by atoms with Gasteiger partial charge in [-0.15, -0.1) is 10.2 Å². The second-order valence-corrected chi connectivity index (χ2v) is 7.70. The maximum absolute atomic E-state index is 12.2. The number of benzene rings is 1. The molecular weight excluding hydrogens is 328 g/mol. The van der Waals surface area contributed by atoms with Crippen LogP contribution in [-0.4, -0.2) is 23.5 Å². The highest BCUT2D eigenvalue weighted by molar-refractivity contribution is 7.93. The Morgan fingerprint density at radius 3 is 2.45 bits per heavy atom. The third-order valence-electron chi connectivity index (χ3n) is 2.63. The molecule has 0 radical (unpaired) electrons. The van der Waals surface area contributed by atoms with Crippen molar-refractivity contribution in [2.45, 2.75) is 25.2 Å². The molecule has 10 heteroatoms. The Morgan fingerprint density at radius 1 is 1.27 bits per heavy atom. The van der Waals surface area contributed by atoms with Crippen molar-refractivity contribution in [2.75, 3.05) is 4.72 Å². The van der Waals surface area contributed by atoms with Crippen LogP contribution in [0.2, 0.25) is 0 Å². The van der Waals surface area contributed by atoms with Crippen LogP contribution in [0.15, 0.2) is 29.2 Å². The molecule has 0 saturated heterocycles. The van der Waals surface area contributed by atoms with Crippen molar-refractivity contribution < 1.29 is 13.3 Å². The number of anilines is 1. The van der Waals surface area contributed by atoms with Gasteiger partial charge in [0.05, 0.1) is 9.82 Å². The molecule has 1 N–H and O–H groups in total. The maximum atomic E-state index is 12.2. The van der Waals surface area contributed by atoms with Gasteiger partial charge in [0.2, 0.25) is 5.13 Å². The van der Waals surface area contributed by atoms with Gasteiger partial charge >= 0.3 is 0 Å². The molecule has 0 spiro atoms. The molecule has 0 amide bonds. The summed E-state index contributed by atoms with van der Waals surface area (Å²) < 4.78 is 26.7. The zero-order valence-corrected chi connectivity index (χ0v) is 13.5. The number of hydrogen-bond donors (Lipinski definition) is 1. The van der Waals surface area contributed by atoms with Crippen molar-refractivity contribution in [1.82, 2.24) is 10.2 Å². The normalized spacial score (nSPS) is 11.6. The van der Waals surface area contributed by atoms with E-state index in [4.69, 9.17) is 0 Å². The Bertz CT molecular complexity index is 769. The number of nitro groups is 1. The number of hydrogen-bond acceptors (Lipinski definition) is 7. The highest BCUT2D eigenvalue weighted by Crippen LogP contribution is 2.22. The van der Waals surface area contributed by atoms with Gasteiger partial charge in [-0.1, -0.05) is 25.2 Å². The monoisotopic (exact) mass is 342 g/mol. The molecule has 22 heavy (non-hydrogen) atoms. The van der Waals surface area contributed by atoms with Crippen LogP contribution in [0.3, 0.4) is 0 Å². The molecule has 0 aliphatic heterocycles. The number of rotatable bonds is 6. The van der Waals surface area contributed by atoms with Crippen molar-refractivity contribution in [2.24, 2.45) is 5.92 Å². The first kappa shape index (κ1) is 16.3. The Hall–Kier alpha value is -2.07. The molecular formula is C12H14N4O4S2. The molecule has 118 valence electrons. The van der Waals surface area contributed by atoms with E-state index in [0.29, 0.717) is 5.92 Å². The molecule has 0 atom stereocenters. The number of aromatic nitrogens is 2. The Balaban J connectivity index is 2.16. The lowest BCUT2D eigenvalue weighted by Crippen LogP contribution is -2.12. The number of nitrogens with one attached hydrogen (secondary N) is 1. The summed E-state index contributed by atoms with van der Waals surface area (Å²) >= 11 is 1.17. The van der Waals surface area contributed by atoms with Crippen molar-refractivity contribution in [3.63, 3.8) is 0 Å². The fraction of sp³-hybridized carbons (Fsp3) is 0.333. The Morgan fingerprint density at radius 2 is 1.91 bits per heavy atom. The standard InChI is InChI=1S/C12H14N4O4S2/c1-8(2)7-11-13-14-12(21-11)15-22(19,20)10-5-3-9(4-6-10)16(17)18/h3-6,8H,7H2,1-2H3,(H,14,15). The van der Waals surface area contributed by atoms with Crippen LogP contribution in [0, 0.1) is 16.0 Å². The number of non-ortho nitro benzene ring substituents is 1. The van der Waals surface area contributed by atoms with Crippen LogP contribution in [0.1, 0.15) is 18.9 Å². The lowest BCUT2D eigenvalue weighted by atomic mass is 10.1. The van der Waals surface area contributed by atoms with Gasteiger partial charge in [0, 0.05) is 18.6 Å². The summed E-state index contributed by atoms with van der Waals surface area (Å²) in [6.07, 6.45) is 0.719. The third kappa shape index (κ3) is 3.98. The summed E-state index contributed by atoms with van der Waals surface area (Å²) in [4.78, 5) is 9.91. The van der Waals surface area contributed by atoms with Gasteiger partial charge in [-0.2, -0.15) is 0 Å². The zero-order chi connectivity index (χ0) is 16.3. The molecule has 0 aliphatic rings. The smallest absolute Gasteiger partial charge is 0.258 e. The molecule has 0 saturated carbocycles. The van der Waals surface area contributed by atoms with Crippen molar-refractivity contribution in [3.05, 3.63) is 39.4 Å². The quantitative estimate of drug-likeness (QED) is 0.637. The van der Waals surface area contributed by atoms with Gasteiger partial charge in [-0.25, -0.2) is 8.42 Å². The fourth-order valence-electron chi connectivity index (χ4n) is 1.65. The fourth-order valence-corrected chi connectivity index (χ4v) is 3.83. The second-order valence-electron chi connectivity index (χ2n) is 4.96. The lowest BCUT2D eigenvalue weighted by molar-refractivity contribution is -0.384. The van der Waals surface area contributed by atoms with E-state index in [1.165, 1.54) is 23.5 Å². The minimum Gasteiger partial charge on any atom is -0.258 e. The molecule has 1 aromatic heterocycles. The first-order valence-electron chi connectivity index (χ1n) is 6.37. The second kappa shape index (κ2) is 6.36. The van der Waals surface area contributed by atoms with E-state index >= 15 is 0 Å². The lowest BCUT2D eigenvalue weighted by Gasteiger charge is -2.04. The van der Waals surface area contributed by atoms with Crippen LogP contribution in [0.5, 0.6) is 0 Å². The molecule has 0 bridgehead atoms. The van der Waals surface area contributed by atoms with E-state index in [1.54, 1.807) is 0 Å². The van der Waals surface area contributed by atoms with Gasteiger partial charge in [0.15, 0.2) is 0 Å². The summed E-state index contributed by atoms with van der Waals surface area (Å²) in [6, 6.07) is 4.63. The van der Waals surface area contributed by atoms with E-state index in [0.717, 1.165) is 23.6 Å². The maximum Gasteiger partial charge on any atom is 0.269 e. The van der Waals surface area contributed by atoms with Crippen molar-refractivity contribution in [1.29, 1.82) is 0 Å². The number of sulfonamides is 1. The predicted molar refractivity (Wildman–Crippen MR) is 82.4 cm³/mol. The summed E-state index contributed by atoms with van der Waals surface area (Å²) in [6.45, 7) is 4.06. The Kier molecular flexibility index (Phi) is 4.71. The highest BCUT2D eigenvalue weighted by Gasteiger charge is 2.18. The van der Waals surface area contributed by atoms with Gasteiger partial charge in [0.25, 0.3) is 15.7 Å². The van der Waals surface area contributed by atoms with Crippen LogP contribution in [0.25, 0.3) is 0 Å². The largest absolute Gasteiger partial charge is 0.269 e. The minimum atomic E-state index is -3.84. The first-order chi connectivity index (χ1) is 10.3. The van der Waals surface area contributed by atoms with E-state index in [-0.39, 0.29) is 15.7 Å². The summed E-state index contributed by atoms with van der Waals surface area (Å²) in [5.74, 6) is 0.395. The predicted octanol–water partition coefficient (Wildman–Crippen LogP) is 2.45. The molecule has 0 unspecified atom stereocenters. The molecule has 0 fully saturated rings. The molecule has 1 heterocycles. The minimum absolute atomic E-state index is 0.0706. The number of nitro benzene ring substituents is 1. The van der Waals surface area contributed by atoms with Gasteiger partial charge < -0.3 is 0 Å². The topological polar surface area (TPSA) is 115 Å². The molecule has 2 aromatic rings. The summed E-state index contributed by atoms with van der Waals surface area (Å²) in [5, 5.41) is 19.2.